The van der Waals surface area contributed by atoms with Gasteiger partial charge in [-0.15, -0.1) is 0 Å². The smallest absolute Gasteiger partial charge is 0.185 e. The molecule has 1 aromatic heterocycles. The van der Waals surface area contributed by atoms with Gasteiger partial charge >= 0.3 is 0 Å². The topological polar surface area (TPSA) is 51.2 Å². The van der Waals surface area contributed by atoms with E-state index >= 15 is 0 Å². The predicted molar refractivity (Wildman–Crippen MR) is 67.1 cm³/mol. The molecule has 0 aliphatic carbocycles. The van der Waals surface area contributed by atoms with Gasteiger partial charge in [0.15, 0.2) is 15.6 Å². The van der Waals surface area contributed by atoms with E-state index in [1.807, 2.05) is 0 Å². The van der Waals surface area contributed by atoms with Crippen molar-refractivity contribution in [1.29, 1.82) is 0 Å². The van der Waals surface area contributed by atoms with Gasteiger partial charge in [0.1, 0.15) is 5.75 Å². The fourth-order valence-electron chi connectivity index (χ4n) is 1.39. The normalized spacial score (nSPS) is 11.3. The molecule has 0 saturated carbocycles. The third-order valence-electron chi connectivity index (χ3n) is 2.27. The Labute approximate surface area is 104 Å². The summed E-state index contributed by atoms with van der Waals surface area (Å²) in [6, 6.07) is 9.64. The first-order valence-electron chi connectivity index (χ1n) is 4.93. The highest BCUT2D eigenvalue weighted by Crippen LogP contribution is 2.14. The number of rotatable bonds is 4. The van der Waals surface area contributed by atoms with Gasteiger partial charge in [-0.3, -0.25) is 4.79 Å². The average Bonchev–Trinajstić information content (AvgIpc) is 2.83. The van der Waals surface area contributed by atoms with E-state index in [9.17, 15) is 13.2 Å². The van der Waals surface area contributed by atoms with Crippen LogP contribution in [0.3, 0.4) is 0 Å². The summed E-state index contributed by atoms with van der Waals surface area (Å²) in [5, 5.41) is 3.41. The van der Waals surface area contributed by atoms with E-state index in [4.69, 9.17) is 0 Å². The first kappa shape index (κ1) is 12.0. The van der Waals surface area contributed by atoms with Crippen molar-refractivity contribution in [2.75, 3.05) is 5.75 Å². The summed E-state index contributed by atoms with van der Waals surface area (Å²) in [5.41, 5.74) is 0.453. The minimum Gasteiger partial charge on any atom is -0.293 e. The van der Waals surface area contributed by atoms with E-state index < -0.39 is 15.6 Å². The molecule has 0 bridgehead atoms. The van der Waals surface area contributed by atoms with Crippen LogP contribution < -0.4 is 0 Å². The first-order valence-corrected chi connectivity index (χ1v) is 7.52. The van der Waals surface area contributed by atoms with Crippen LogP contribution >= 0.6 is 11.3 Å². The van der Waals surface area contributed by atoms with Crippen molar-refractivity contribution in [1.82, 2.24) is 0 Å². The molecule has 88 valence electrons. The number of hydrogen-bond acceptors (Lipinski definition) is 4. The molecule has 5 heteroatoms. The zero-order valence-electron chi connectivity index (χ0n) is 8.87. The second-order valence-corrected chi connectivity index (χ2v) is 6.28. The lowest BCUT2D eigenvalue weighted by atomic mass is 10.2. The number of Topliss-reactive ketones (excluding diaryl/α,β-unsaturated/α-hetero) is 1. The van der Waals surface area contributed by atoms with E-state index in [0.29, 0.717) is 5.56 Å². The molecule has 0 N–H and O–H groups in total. The molecule has 3 nitrogen and oxygen atoms in total. The van der Waals surface area contributed by atoms with E-state index in [1.165, 1.54) is 23.5 Å². The van der Waals surface area contributed by atoms with Crippen LogP contribution in [0.4, 0.5) is 0 Å². The quantitative estimate of drug-likeness (QED) is 0.798. The van der Waals surface area contributed by atoms with Crippen LogP contribution in [-0.4, -0.2) is 20.0 Å². The number of thiophene rings is 1. The Balaban J connectivity index is 2.22. The largest absolute Gasteiger partial charge is 0.293 e. The number of hydrogen-bond donors (Lipinski definition) is 0. The van der Waals surface area contributed by atoms with Gasteiger partial charge in [-0.25, -0.2) is 8.42 Å². The maximum atomic E-state index is 11.9. The molecule has 17 heavy (non-hydrogen) atoms. The van der Waals surface area contributed by atoms with Crippen molar-refractivity contribution >= 4 is 27.0 Å². The lowest BCUT2D eigenvalue weighted by Gasteiger charge is -2.02. The average molecular weight is 266 g/mol. The minimum absolute atomic E-state index is 0.184. The van der Waals surface area contributed by atoms with Crippen molar-refractivity contribution < 1.29 is 13.2 Å². The van der Waals surface area contributed by atoms with Crippen LogP contribution in [0.25, 0.3) is 0 Å². The number of sulfone groups is 1. The van der Waals surface area contributed by atoms with Crippen LogP contribution in [0.5, 0.6) is 0 Å². The SMILES string of the molecule is O=C(CS(=O)(=O)c1ccccc1)c1ccsc1. The molecule has 0 atom stereocenters. The lowest BCUT2D eigenvalue weighted by Crippen LogP contribution is -2.15. The number of carbonyl (C=O) groups excluding carboxylic acids is 1. The van der Waals surface area contributed by atoms with Crippen molar-refractivity contribution in [3.63, 3.8) is 0 Å². The molecule has 0 saturated heterocycles. The lowest BCUT2D eigenvalue weighted by molar-refractivity contribution is 0.102. The summed E-state index contributed by atoms with van der Waals surface area (Å²) in [4.78, 5) is 11.9. The number of carbonyl (C=O) groups is 1. The Kier molecular flexibility index (Phi) is 3.40. The van der Waals surface area contributed by atoms with E-state index in [2.05, 4.69) is 0 Å². The van der Waals surface area contributed by atoms with Gasteiger partial charge in [0, 0.05) is 10.9 Å². The summed E-state index contributed by atoms with van der Waals surface area (Å²) >= 11 is 1.37. The summed E-state index contributed by atoms with van der Waals surface area (Å²) in [7, 11) is -3.53. The predicted octanol–water partition coefficient (Wildman–Crippen LogP) is 2.40. The zero-order valence-corrected chi connectivity index (χ0v) is 10.5. The highest BCUT2D eigenvalue weighted by molar-refractivity contribution is 7.92. The molecule has 0 aliphatic heterocycles. The zero-order chi connectivity index (χ0) is 12.3. The summed E-state index contributed by atoms with van der Waals surface area (Å²) in [6.45, 7) is 0. The van der Waals surface area contributed by atoms with Gasteiger partial charge in [-0.1, -0.05) is 18.2 Å². The molecular weight excluding hydrogens is 256 g/mol. The standard InChI is InChI=1S/C12H10O3S2/c13-12(10-6-7-16-8-10)9-17(14,15)11-4-2-1-3-5-11/h1-8H,9H2. The molecule has 2 aromatic rings. The number of benzene rings is 1. The van der Waals surface area contributed by atoms with Crippen molar-refractivity contribution in [2.24, 2.45) is 0 Å². The van der Waals surface area contributed by atoms with Crippen LogP contribution in [0.2, 0.25) is 0 Å². The third kappa shape index (κ3) is 2.81. The molecule has 0 fully saturated rings. The van der Waals surface area contributed by atoms with Crippen LogP contribution in [0, 0.1) is 0 Å². The van der Waals surface area contributed by atoms with Gasteiger partial charge in [0.05, 0.1) is 4.90 Å². The highest BCUT2D eigenvalue weighted by Gasteiger charge is 2.20. The third-order valence-corrected chi connectivity index (χ3v) is 4.58. The molecule has 0 spiro atoms. The van der Waals surface area contributed by atoms with Crippen molar-refractivity contribution in [2.45, 2.75) is 4.90 Å². The molecule has 1 heterocycles. The summed E-state index contributed by atoms with van der Waals surface area (Å²) < 4.78 is 23.8. The summed E-state index contributed by atoms with van der Waals surface area (Å²) in [5.74, 6) is -0.844. The maximum Gasteiger partial charge on any atom is 0.185 e. The molecule has 0 amide bonds. The van der Waals surface area contributed by atoms with Crippen LogP contribution in [0.15, 0.2) is 52.1 Å². The van der Waals surface area contributed by atoms with Gasteiger partial charge in [0.25, 0.3) is 0 Å². The molecular formula is C12H10O3S2. The molecule has 0 radical (unpaired) electrons. The Bertz CT molecular complexity index is 598. The van der Waals surface area contributed by atoms with E-state index in [1.54, 1.807) is 35.0 Å². The Hall–Kier alpha value is -1.46. The van der Waals surface area contributed by atoms with E-state index in [0.717, 1.165) is 0 Å². The monoisotopic (exact) mass is 266 g/mol. The van der Waals surface area contributed by atoms with Gasteiger partial charge in [-0.05, 0) is 23.6 Å². The Morgan fingerprint density at radius 3 is 2.41 bits per heavy atom. The first-order chi connectivity index (χ1) is 8.09. The second-order valence-electron chi connectivity index (χ2n) is 3.51. The Morgan fingerprint density at radius 2 is 1.82 bits per heavy atom. The molecule has 0 aliphatic rings. The second kappa shape index (κ2) is 4.81. The highest BCUT2D eigenvalue weighted by atomic mass is 32.2. The molecule has 1 aromatic carbocycles. The van der Waals surface area contributed by atoms with Crippen LogP contribution in [0.1, 0.15) is 10.4 Å². The summed E-state index contributed by atoms with van der Waals surface area (Å²) in [6.07, 6.45) is 0. The minimum atomic E-state index is -3.53. The van der Waals surface area contributed by atoms with Gasteiger partial charge < -0.3 is 0 Å². The van der Waals surface area contributed by atoms with Gasteiger partial charge in [-0.2, -0.15) is 11.3 Å². The Morgan fingerprint density at radius 1 is 1.12 bits per heavy atom. The van der Waals surface area contributed by atoms with Crippen LogP contribution in [-0.2, 0) is 9.84 Å². The van der Waals surface area contributed by atoms with Crippen molar-refractivity contribution in [3.05, 3.63) is 52.7 Å². The van der Waals surface area contributed by atoms with E-state index in [-0.39, 0.29) is 10.7 Å². The number of ketones is 1. The molecule has 0 unspecified atom stereocenters. The molecule has 2 rings (SSSR count). The fourth-order valence-corrected chi connectivity index (χ4v) is 3.30. The van der Waals surface area contributed by atoms with Crippen molar-refractivity contribution in [3.8, 4) is 0 Å². The van der Waals surface area contributed by atoms with Gasteiger partial charge in [0.2, 0.25) is 0 Å². The maximum absolute atomic E-state index is 11.9. The fraction of sp³-hybridized carbons (Fsp3) is 0.0833.